The van der Waals surface area contributed by atoms with Gasteiger partial charge < -0.3 is 5.11 Å². The normalized spacial score (nSPS) is 17.2. The highest BCUT2D eigenvalue weighted by atomic mass is 16.4. The van der Waals surface area contributed by atoms with Crippen molar-refractivity contribution in [1.82, 2.24) is 19.5 Å². The average Bonchev–Trinajstić information content (AvgIpc) is 2.68. The Morgan fingerprint density at radius 3 is 2.60 bits per heavy atom. The number of hydrogen-bond acceptors (Lipinski definition) is 4. The summed E-state index contributed by atoms with van der Waals surface area (Å²) in [6.45, 7) is 2.75. The van der Waals surface area contributed by atoms with Gasteiger partial charge in [-0.1, -0.05) is 18.9 Å². The van der Waals surface area contributed by atoms with Gasteiger partial charge in [0.25, 0.3) is 0 Å². The van der Waals surface area contributed by atoms with Gasteiger partial charge in [0.15, 0.2) is 11.5 Å². The van der Waals surface area contributed by atoms with E-state index < -0.39 is 5.97 Å². The van der Waals surface area contributed by atoms with Gasteiger partial charge in [0, 0.05) is 0 Å². The second-order valence-corrected chi connectivity index (χ2v) is 5.22. The van der Waals surface area contributed by atoms with Crippen LogP contribution in [0.5, 0.6) is 0 Å². The van der Waals surface area contributed by atoms with E-state index in [0.717, 1.165) is 13.1 Å². The van der Waals surface area contributed by atoms with Crippen molar-refractivity contribution in [3.8, 4) is 0 Å². The van der Waals surface area contributed by atoms with E-state index in [1.54, 1.807) is 22.6 Å². The van der Waals surface area contributed by atoms with Gasteiger partial charge in [-0.2, -0.15) is 0 Å². The molecule has 0 saturated carbocycles. The number of nitrogens with zero attached hydrogens (tertiary/aromatic N) is 4. The first kappa shape index (κ1) is 13.1. The summed E-state index contributed by atoms with van der Waals surface area (Å²) in [5.41, 5.74) is 0.812. The maximum Gasteiger partial charge on any atom is 0.352 e. The number of rotatable bonds is 3. The van der Waals surface area contributed by atoms with E-state index in [-0.39, 0.29) is 5.69 Å². The van der Waals surface area contributed by atoms with Crippen LogP contribution in [0, 0.1) is 0 Å². The Labute approximate surface area is 117 Å². The van der Waals surface area contributed by atoms with Crippen molar-refractivity contribution in [2.75, 3.05) is 13.1 Å². The number of carboxylic acid groups (broad SMARTS) is 1. The first-order chi connectivity index (χ1) is 9.75. The third-order valence-electron chi connectivity index (χ3n) is 3.78. The molecule has 1 aliphatic heterocycles. The molecule has 0 bridgehead atoms. The fourth-order valence-corrected chi connectivity index (χ4v) is 2.76. The minimum atomic E-state index is -0.951. The van der Waals surface area contributed by atoms with Crippen LogP contribution in [-0.4, -0.2) is 43.7 Å². The van der Waals surface area contributed by atoms with E-state index in [9.17, 15) is 9.90 Å². The molecule has 106 valence electrons. The Bertz CT molecular complexity index is 615. The summed E-state index contributed by atoms with van der Waals surface area (Å²) in [5.74, 6) is -0.243. The van der Waals surface area contributed by atoms with E-state index in [4.69, 9.17) is 0 Å². The highest BCUT2D eigenvalue weighted by Crippen LogP contribution is 2.14. The Morgan fingerprint density at radius 2 is 1.90 bits per heavy atom. The molecule has 2 aromatic heterocycles. The molecular formula is C14H18N4O2. The lowest BCUT2D eigenvalue weighted by atomic mass is 10.2. The van der Waals surface area contributed by atoms with Crippen molar-refractivity contribution in [2.45, 2.75) is 32.2 Å². The molecule has 1 N–H and O–H groups in total. The van der Waals surface area contributed by atoms with Gasteiger partial charge in [0.2, 0.25) is 0 Å². The Hall–Kier alpha value is -1.95. The molecule has 6 heteroatoms. The average molecular weight is 274 g/mol. The number of likely N-dealkylation sites (tertiary alicyclic amines) is 1. The minimum absolute atomic E-state index is 0.220. The predicted molar refractivity (Wildman–Crippen MR) is 73.7 cm³/mol. The number of pyridine rings is 1. The van der Waals surface area contributed by atoms with Crippen LogP contribution in [0.1, 0.15) is 42.0 Å². The summed E-state index contributed by atoms with van der Waals surface area (Å²) in [7, 11) is 0. The molecule has 0 spiro atoms. The quantitative estimate of drug-likeness (QED) is 0.924. The molecule has 0 aromatic carbocycles. The molecule has 0 aliphatic carbocycles. The van der Waals surface area contributed by atoms with Gasteiger partial charge in [-0.05, 0) is 38.1 Å². The van der Waals surface area contributed by atoms with Gasteiger partial charge in [0.1, 0.15) is 5.69 Å². The molecule has 1 saturated heterocycles. The molecule has 0 unspecified atom stereocenters. The van der Waals surface area contributed by atoms with Crippen LogP contribution in [0.2, 0.25) is 0 Å². The van der Waals surface area contributed by atoms with Gasteiger partial charge >= 0.3 is 5.97 Å². The van der Waals surface area contributed by atoms with Gasteiger partial charge in [0.05, 0.1) is 6.54 Å². The van der Waals surface area contributed by atoms with Crippen molar-refractivity contribution in [3.63, 3.8) is 0 Å². The first-order valence-corrected chi connectivity index (χ1v) is 7.04. The molecule has 6 nitrogen and oxygen atoms in total. The van der Waals surface area contributed by atoms with Crippen LogP contribution in [0.15, 0.2) is 18.2 Å². The minimum Gasteiger partial charge on any atom is -0.477 e. The topological polar surface area (TPSA) is 70.7 Å². The molecule has 1 fully saturated rings. The number of hydrogen-bond donors (Lipinski definition) is 1. The van der Waals surface area contributed by atoms with Crippen LogP contribution >= 0.6 is 0 Å². The second-order valence-electron chi connectivity index (χ2n) is 5.22. The maximum absolute atomic E-state index is 11.3. The Morgan fingerprint density at radius 1 is 1.15 bits per heavy atom. The fraction of sp³-hybridized carbons (Fsp3) is 0.500. The van der Waals surface area contributed by atoms with E-state index >= 15 is 0 Å². The summed E-state index contributed by atoms with van der Waals surface area (Å²) in [4.78, 5) is 13.7. The number of carbonyl (C=O) groups is 1. The number of aromatic carboxylic acids is 1. The summed E-state index contributed by atoms with van der Waals surface area (Å²) in [5, 5.41) is 17.5. The third kappa shape index (κ3) is 2.51. The van der Waals surface area contributed by atoms with Crippen LogP contribution in [0.25, 0.3) is 5.65 Å². The van der Waals surface area contributed by atoms with Gasteiger partial charge in [-0.3, -0.25) is 9.30 Å². The molecule has 0 atom stereocenters. The van der Waals surface area contributed by atoms with Gasteiger partial charge in [-0.15, -0.1) is 10.2 Å². The number of fused-ring (bicyclic) bond motifs is 1. The first-order valence-electron chi connectivity index (χ1n) is 7.04. The van der Waals surface area contributed by atoms with Crippen molar-refractivity contribution >= 4 is 11.6 Å². The fourth-order valence-electron chi connectivity index (χ4n) is 2.76. The number of aromatic nitrogens is 3. The number of carboxylic acids is 1. The lowest BCUT2D eigenvalue weighted by molar-refractivity contribution is 0.0688. The zero-order valence-electron chi connectivity index (χ0n) is 11.3. The summed E-state index contributed by atoms with van der Waals surface area (Å²) in [6, 6.07) is 5.07. The van der Waals surface area contributed by atoms with Crippen LogP contribution < -0.4 is 0 Å². The SMILES string of the molecule is O=C(O)c1cccc2nnc(CN3CCCCCC3)n12. The van der Waals surface area contributed by atoms with Crippen molar-refractivity contribution in [1.29, 1.82) is 0 Å². The Balaban J connectivity index is 1.93. The standard InChI is InChI=1S/C14H18N4O2/c19-14(20)11-6-5-7-12-15-16-13(18(11)12)10-17-8-3-1-2-4-9-17/h5-7H,1-4,8-10H2,(H,19,20). The van der Waals surface area contributed by atoms with Crippen molar-refractivity contribution < 1.29 is 9.90 Å². The maximum atomic E-state index is 11.3. The lowest BCUT2D eigenvalue weighted by Gasteiger charge is -2.18. The van der Waals surface area contributed by atoms with Gasteiger partial charge in [-0.25, -0.2) is 4.79 Å². The second kappa shape index (κ2) is 5.58. The largest absolute Gasteiger partial charge is 0.477 e. The van der Waals surface area contributed by atoms with Crippen LogP contribution in [0.3, 0.4) is 0 Å². The summed E-state index contributed by atoms with van der Waals surface area (Å²) in [6.07, 6.45) is 4.94. The predicted octanol–water partition coefficient (Wildman–Crippen LogP) is 1.80. The molecule has 20 heavy (non-hydrogen) atoms. The molecule has 0 radical (unpaired) electrons. The summed E-state index contributed by atoms with van der Waals surface area (Å²) >= 11 is 0. The smallest absolute Gasteiger partial charge is 0.352 e. The van der Waals surface area contributed by atoms with E-state index in [1.165, 1.54) is 25.7 Å². The summed E-state index contributed by atoms with van der Waals surface area (Å²) < 4.78 is 1.65. The Kier molecular flexibility index (Phi) is 3.64. The molecule has 3 heterocycles. The van der Waals surface area contributed by atoms with Crippen molar-refractivity contribution in [3.05, 3.63) is 29.7 Å². The van der Waals surface area contributed by atoms with Crippen molar-refractivity contribution in [2.24, 2.45) is 0 Å². The zero-order valence-corrected chi connectivity index (χ0v) is 11.3. The van der Waals surface area contributed by atoms with E-state index in [0.29, 0.717) is 18.0 Å². The van der Waals surface area contributed by atoms with E-state index in [2.05, 4.69) is 15.1 Å². The highest BCUT2D eigenvalue weighted by Gasteiger charge is 2.17. The van der Waals surface area contributed by atoms with Crippen LogP contribution in [0.4, 0.5) is 0 Å². The molecule has 1 aliphatic rings. The molecule has 3 rings (SSSR count). The lowest BCUT2D eigenvalue weighted by Crippen LogP contribution is -2.25. The third-order valence-corrected chi connectivity index (χ3v) is 3.78. The van der Waals surface area contributed by atoms with E-state index in [1.807, 2.05) is 0 Å². The molecular weight excluding hydrogens is 256 g/mol. The molecule has 0 amide bonds. The monoisotopic (exact) mass is 274 g/mol. The highest BCUT2D eigenvalue weighted by molar-refractivity contribution is 5.86. The van der Waals surface area contributed by atoms with Crippen LogP contribution in [-0.2, 0) is 6.54 Å². The zero-order chi connectivity index (χ0) is 13.9. The molecule has 2 aromatic rings.